The first-order chi connectivity index (χ1) is 9.22. The number of rotatable bonds is 3. The molecular formula is C12H16F2N2O4. The molecule has 1 aromatic rings. The van der Waals surface area contributed by atoms with Crippen molar-refractivity contribution in [2.24, 2.45) is 0 Å². The number of hydrogen-bond acceptors (Lipinski definition) is 4. The van der Waals surface area contributed by atoms with E-state index in [9.17, 15) is 23.5 Å². The van der Waals surface area contributed by atoms with Crippen LogP contribution in [0.2, 0.25) is 0 Å². The first-order valence-electron chi connectivity index (χ1n) is 6.29. The van der Waals surface area contributed by atoms with Crippen molar-refractivity contribution in [2.75, 3.05) is 6.54 Å². The second-order valence-electron chi connectivity index (χ2n) is 5.23. The molecule has 0 atom stereocenters. The minimum Gasteiger partial charge on any atom is -0.388 e. The number of alkyl halides is 2. The second kappa shape index (κ2) is 5.01. The van der Waals surface area contributed by atoms with Gasteiger partial charge in [-0.2, -0.15) is 5.16 Å². The smallest absolute Gasteiger partial charge is 0.293 e. The Hall–Kier alpha value is -1.70. The summed E-state index contributed by atoms with van der Waals surface area (Å²) in [6.45, 7) is 1.27. The maximum atomic E-state index is 13.0. The Balaban J connectivity index is 1.96. The van der Waals surface area contributed by atoms with Gasteiger partial charge in [0.05, 0.1) is 5.60 Å². The number of amides is 1. The maximum Gasteiger partial charge on any atom is 0.293 e. The van der Waals surface area contributed by atoms with Crippen molar-refractivity contribution >= 4 is 5.91 Å². The van der Waals surface area contributed by atoms with Gasteiger partial charge in [-0.05, 0) is 19.8 Å². The summed E-state index contributed by atoms with van der Waals surface area (Å²) in [6, 6.07) is 0. The topological polar surface area (TPSA) is 95.3 Å². The normalized spacial score (nSPS) is 20.6. The standard InChI is InChI=1S/C12H16F2N2O4/c1-7-8(10(18)16-20-7)9(17)15-6-11(19)2-4-12(13,14)5-3-11/h19H,2-6H2,1H3,(H,15,17)(H,16,18). The summed E-state index contributed by atoms with van der Waals surface area (Å²) in [7, 11) is 0. The molecule has 0 bridgehead atoms. The molecule has 112 valence electrons. The van der Waals surface area contributed by atoms with Crippen molar-refractivity contribution < 1.29 is 23.2 Å². The highest BCUT2D eigenvalue weighted by molar-refractivity contribution is 5.94. The van der Waals surface area contributed by atoms with Gasteiger partial charge in [0, 0.05) is 19.4 Å². The first-order valence-corrected chi connectivity index (χ1v) is 6.29. The van der Waals surface area contributed by atoms with Gasteiger partial charge < -0.3 is 14.9 Å². The fourth-order valence-electron chi connectivity index (χ4n) is 2.24. The minimum absolute atomic E-state index is 0.0962. The van der Waals surface area contributed by atoms with Crippen molar-refractivity contribution in [1.82, 2.24) is 10.5 Å². The van der Waals surface area contributed by atoms with Crippen LogP contribution < -0.4 is 10.9 Å². The number of aromatic nitrogens is 1. The van der Waals surface area contributed by atoms with E-state index < -0.39 is 35.8 Å². The highest BCUT2D eigenvalue weighted by atomic mass is 19.3. The summed E-state index contributed by atoms with van der Waals surface area (Å²) >= 11 is 0. The van der Waals surface area contributed by atoms with Crippen molar-refractivity contribution in [3.05, 3.63) is 21.7 Å². The van der Waals surface area contributed by atoms with Crippen molar-refractivity contribution in [3.8, 4) is 0 Å². The average molecular weight is 290 g/mol. The molecule has 1 heterocycles. The van der Waals surface area contributed by atoms with Crippen LogP contribution in [0.15, 0.2) is 9.32 Å². The zero-order chi connectivity index (χ0) is 15.0. The quantitative estimate of drug-likeness (QED) is 0.772. The van der Waals surface area contributed by atoms with Crippen molar-refractivity contribution in [3.63, 3.8) is 0 Å². The van der Waals surface area contributed by atoms with E-state index in [2.05, 4.69) is 5.32 Å². The Kier molecular flexibility index (Phi) is 3.68. The molecule has 0 unspecified atom stereocenters. The summed E-state index contributed by atoms with van der Waals surface area (Å²) in [5, 5.41) is 14.5. The Labute approximate surface area is 113 Å². The van der Waals surface area contributed by atoms with Gasteiger partial charge in [-0.25, -0.2) is 8.78 Å². The van der Waals surface area contributed by atoms with Gasteiger partial charge in [0.15, 0.2) is 0 Å². The second-order valence-corrected chi connectivity index (χ2v) is 5.23. The van der Waals surface area contributed by atoms with Crippen LogP contribution in [0.1, 0.15) is 41.8 Å². The fourth-order valence-corrected chi connectivity index (χ4v) is 2.24. The number of carbonyl (C=O) groups excluding carboxylic acids is 1. The highest BCUT2D eigenvalue weighted by Gasteiger charge is 2.42. The molecule has 3 N–H and O–H groups in total. The predicted molar refractivity (Wildman–Crippen MR) is 64.8 cm³/mol. The molecule has 0 saturated heterocycles. The van der Waals surface area contributed by atoms with E-state index in [0.29, 0.717) is 0 Å². The third kappa shape index (κ3) is 3.06. The summed E-state index contributed by atoms with van der Waals surface area (Å²) in [4.78, 5) is 23.1. The SMILES string of the molecule is Cc1o[nH]c(=O)c1C(=O)NCC1(O)CCC(F)(F)CC1. The number of hydrogen-bond donors (Lipinski definition) is 3. The van der Waals surface area contributed by atoms with Gasteiger partial charge in [-0.15, -0.1) is 0 Å². The molecule has 0 spiro atoms. The summed E-state index contributed by atoms with van der Waals surface area (Å²) in [6.07, 6.45) is -1.02. The average Bonchev–Trinajstić information content (AvgIpc) is 2.71. The van der Waals surface area contributed by atoms with E-state index >= 15 is 0 Å². The van der Waals surface area contributed by atoms with Gasteiger partial charge in [-0.1, -0.05) is 0 Å². The minimum atomic E-state index is -2.76. The van der Waals surface area contributed by atoms with Crippen LogP contribution in [0.25, 0.3) is 0 Å². The van der Waals surface area contributed by atoms with Crippen LogP contribution in [0.4, 0.5) is 8.78 Å². The zero-order valence-corrected chi connectivity index (χ0v) is 11.0. The molecule has 8 heteroatoms. The van der Waals surface area contributed by atoms with Gasteiger partial charge >= 0.3 is 0 Å². The fraction of sp³-hybridized carbons (Fsp3) is 0.667. The van der Waals surface area contributed by atoms with Crippen LogP contribution in [0.3, 0.4) is 0 Å². The Morgan fingerprint density at radius 2 is 2.00 bits per heavy atom. The Bertz CT molecular complexity index is 554. The van der Waals surface area contributed by atoms with Gasteiger partial charge in [0.25, 0.3) is 11.5 Å². The van der Waals surface area contributed by atoms with Crippen LogP contribution in [-0.2, 0) is 0 Å². The van der Waals surface area contributed by atoms with Crippen LogP contribution in [0, 0.1) is 6.92 Å². The molecule has 0 radical (unpaired) electrons. The lowest BCUT2D eigenvalue weighted by molar-refractivity contribution is -0.101. The molecule has 0 aromatic carbocycles. The van der Waals surface area contributed by atoms with E-state index in [1.165, 1.54) is 6.92 Å². The molecule has 1 fully saturated rings. The third-order valence-electron chi connectivity index (χ3n) is 3.59. The summed E-state index contributed by atoms with van der Waals surface area (Å²) in [5.74, 6) is -3.31. The van der Waals surface area contributed by atoms with Gasteiger partial charge in [0.1, 0.15) is 11.3 Å². The van der Waals surface area contributed by atoms with Gasteiger partial charge in [0.2, 0.25) is 5.92 Å². The number of aromatic amines is 1. The van der Waals surface area contributed by atoms with E-state index in [4.69, 9.17) is 4.52 Å². The molecule has 1 aliphatic rings. The molecule has 20 heavy (non-hydrogen) atoms. The van der Waals surface area contributed by atoms with E-state index in [-0.39, 0.29) is 30.7 Å². The van der Waals surface area contributed by atoms with Crippen LogP contribution in [-0.4, -0.2) is 34.2 Å². The number of H-pyrrole nitrogens is 1. The largest absolute Gasteiger partial charge is 0.388 e. The zero-order valence-electron chi connectivity index (χ0n) is 11.0. The number of carbonyl (C=O) groups is 1. The van der Waals surface area contributed by atoms with Crippen LogP contribution in [0.5, 0.6) is 0 Å². The van der Waals surface area contributed by atoms with Crippen molar-refractivity contribution in [1.29, 1.82) is 0 Å². The number of aliphatic hydroxyl groups is 1. The highest BCUT2D eigenvalue weighted by Crippen LogP contribution is 2.38. The lowest BCUT2D eigenvalue weighted by Crippen LogP contribution is -2.47. The maximum absolute atomic E-state index is 13.0. The van der Waals surface area contributed by atoms with E-state index in [1.807, 2.05) is 5.16 Å². The van der Waals surface area contributed by atoms with Gasteiger partial charge in [-0.3, -0.25) is 9.59 Å². The monoisotopic (exact) mass is 290 g/mol. The molecule has 1 aromatic heterocycles. The molecule has 0 aliphatic heterocycles. The Morgan fingerprint density at radius 1 is 1.40 bits per heavy atom. The third-order valence-corrected chi connectivity index (χ3v) is 3.59. The first kappa shape index (κ1) is 14.7. The van der Waals surface area contributed by atoms with Crippen molar-refractivity contribution in [2.45, 2.75) is 44.1 Å². The van der Waals surface area contributed by atoms with E-state index in [0.717, 1.165) is 0 Å². The summed E-state index contributed by atoms with van der Waals surface area (Å²) < 4.78 is 30.7. The molecule has 1 saturated carbocycles. The predicted octanol–water partition coefficient (Wildman–Crippen LogP) is 0.947. The molecule has 2 rings (SSSR count). The number of halogens is 2. The Morgan fingerprint density at radius 3 is 2.50 bits per heavy atom. The summed E-state index contributed by atoms with van der Waals surface area (Å²) in [5.41, 5.74) is -2.20. The number of nitrogens with one attached hydrogen (secondary N) is 2. The lowest BCUT2D eigenvalue weighted by Gasteiger charge is -2.35. The van der Waals surface area contributed by atoms with E-state index in [1.54, 1.807) is 0 Å². The molecule has 1 aliphatic carbocycles. The lowest BCUT2D eigenvalue weighted by atomic mass is 9.82. The number of aryl methyl sites for hydroxylation is 1. The molecule has 6 nitrogen and oxygen atoms in total. The van der Waals surface area contributed by atoms with Crippen LogP contribution >= 0.6 is 0 Å². The molecular weight excluding hydrogens is 274 g/mol. The molecule has 1 amide bonds.